The Morgan fingerprint density at radius 3 is 0.706 bits per heavy atom. The van der Waals surface area contributed by atoms with E-state index >= 15 is 0 Å². The fourth-order valence-electron chi connectivity index (χ4n) is 6.18. The van der Waals surface area contributed by atoms with Crippen molar-refractivity contribution in [2.24, 2.45) is 0 Å². The molecular weight excluding hydrogens is 427 g/mol. The molecule has 208 valence electrons. The summed E-state index contributed by atoms with van der Waals surface area (Å²) in [7, 11) is -1.04. The van der Waals surface area contributed by atoms with Gasteiger partial charge in [-0.15, -0.1) is 0 Å². The molecule has 0 aliphatic heterocycles. The van der Waals surface area contributed by atoms with Gasteiger partial charge in [0.15, 0.2) is 0 Å². The van der Waals surface area contributed by atoms with Crippen LogP contribution in [0.3, 0.4) is 0 Å². The quantitative estimate of drug-likeness (QED) is 0.0710. The van der Waals surface area contributed by atoms with Gasteiger partial charge in [0.25, 0.3) is 0 Å². The average molecular weight is 499 g/mol. The van der Waals surface area contributed by atoms with Crippen molar-refractivity contribution in [1.82, 2.24) is 0 Å². The van der Waals surface area contributed by atoms with E-state index in [4.69, 9.17) is 0 Å². The fraction of sp³-hybridized carbons (Fsp3) is 1.00. The summed E-state index contributed by atoms with van der Waals surface area (Å²) in [6, 6.07) is 0. The van der Waals surface area contributed by atoms with Gasteiger partial charge in [-0.3, -0.25) is 0 Å². The second-order valence-electron chi connectivity index (χ2n) is 11.9. The van der Waals surface area contributed by atoms with Crippen molar-refractivity contribution >= 4 is 7.26 Å². The molecule has 0 aromatic heterocycles. The Morgan fingerprint density at radius 2 is 0.471 bits per heavy atom. The third kappa shape index (κ3) is 22.9. The van der Waals surface area contributed by atoms with Gasteiger partial charge < -0.3 is 0 Å². The van der Waals surface area contributed by atoms with Crippen LogP contribution in [0, 0.1) is 0 Å². The number of rotatable bonds is 29. The summed E-state index contributed by atoms with van der Waals surface area (Å²) in [5, 5.41) is 0. The molecule has 0 atom stereocenters. The molecule has 0 bridgehead atoms. The molecule has 0 aromatic rings. The first-order chi connectivity index (χ1) is 16.7. The number of unbranched alkanes of at least 4 members (excludes halogenated alkanes) is 21. The predicted molar refractivity (Wildman–Crippen MR) is 166 cm³/mol. The molecular formula is C33H71P. The molecule has 0 radical (unpaired) electrons. The van der Waals surface area contributed by atoms with Crippen LogP contribution in [0.4, 0.5) is 0 Å². The zero-order valence-electron chi connectivity index (χ0n) is 25.0. The van der Waals surface area contributed by atoms with Crippen LogP contribution in [-0.2, 0) is 0 Å². The Labute approximate surface area is 220 Å². The fourth-order valence-corrected chi connectivity index (χ4v) is 11.7. The SMILES string of the molecule is CCCCCCCCCC[PH](CCC)(CCCCCCCCCC)CCCCCCCCCC. The first-order valence-electron chi connectivity index (χ1n) is 16.7. The van der Waals surface area contributed by atoms with Crippen LogP contribution in [0.5, 0.6) is 0 Å². The molecule has 0 amide bonds. The molecule has 0 aromatic carbocycles. The molecule has 0 N–H and O–H groups in total. The number of hydrogen-bond acceptors (Lipinski definition) is 0. The van der Waals surface area contributed by atoms with E-state index in [1.807, 2.05) is 0 Å². The third-order valence-corrected chi connectivity index (χ3v) is 14.3. The van der Waals surface area contributed by atoms with Gasteiger partial charge in [-0.05, 0) is 0 Å². The van der Waals surface area contributed by atoms with E-state index in [0.717, 1.165) is 0 Å². The molecule has 0 aliphatic carbocycles. The summed E-state index contributed by atoms with van der Waals surface area (Å²) in [6.45, 7) is 9.47. The second kappa shape index (κ2) is 28.0. The molecule has 0 saturated heterocycles. The van der Waals surface area contributed by atoms with Crippen molar-refractivity contribution < 1.29 is 0 Å². The Morgan fingerprint density at radius 1 is 0.235 bits per heavy atom. The van der Waals surface area contributed by atoms with Crippen LogP contribution in [-0.4, -0.2) is 24.6 Å². The topological polar surface area (TPSA) is 0 Å². The predicted octanol–water partition coefficient (Wildman–Crippen LogP) is 12.6. The summed E-state index contributed by atoms with van der Waals surface area (Å²) < 4.78 is 0. The Hall–Kier alpha value is 0.430. The van der Waals surface area contributed by atoms with Gasteiger partial charge in [-0.1, -0.05) is 0 Å². The van der Waals surface area contributed by atoms with Crippen LogP contribution in [0.15, 0.2) is 0 Å². The van der Waals surface area contributed by atoms with Gasteiger partial charge in [-0.25, -0.2) is 0 Å². The van der Waals surface area contributed by atoms with Crippen LogP contribution < -0.4 is 0 Å². The van der Waals surface area contributed by atoms with E-state index in [-0.39, 0.29) is 0 Å². The van der Waals surface area contributed by atoms with E-state index in [9.17, 15) is 0 Å². The summed E-state index contributed by atoms with van der Waals surface area (Å²) in [5.74, 6) is 0. The summed E-state index contributed by atoms with van der Waals surface area (Å²) in [6.07, 6.45) is 43.8. The summed E-state index contributed by atoms with van der Waals surface area (Å²) >= 11 is 0. The Kier molecular flexibility index (Phi) is 28.4. The molecule has 34 heavy (non-hydrogen) atoms. The van der Waals surface area contributed by atoms with Crippen molar-refractivity contribution in [1.29, 1.82) is 0 Å². The Bertz CT molecular complexity index is 313. The third-order valence-electron chi connectivity index (χ3n) is 8.46. The molecule has 0 aliphatic rings. The van der Waals surface area contributed by atoms with Crippen molar-refractivity contribution in [2.75, 3.05) is 24.6 Å². The molecule has 0 nitrogen and oxygen atoms in total. The zero-order chi connectivity index (χ0) is 25.0. The van der Waals surface area contributed by atoms with E-state index in [1.165, 1.54) is 141 Å². The van der Waals surface area contributed by atoms with Crippen LogP contribution in [0.2, 0.25) is 0 Å². The van der Waals surface area contributed by atoms with E-state index in [2.05, 4.69) is 27.7 Å². The Balaban J connectivity index is 4.38. The molecule has 0 heterocycles. The number of hydrogen-bond donors (Lipinski definition) is 0. The monoisotopic (exact) mass is 499 g/mol. The maximum absolute atomic E-state index is 2.48. The van der Waals surface area contributed by atoms with Gasteiger partial charge in [0, 0.05) is 0 Å². The summed E-state index contributed by atoms with van der Waals surface area (Å²) in [5.41, 5.74) is 0. The normalized spacial score (nSPS) is 12.5. The average Bonchev–Trinajstić information content (AvgIpc) is 2.84. The van der Waals surface area contributed by atoms with Crippen LogP contribution in [0.25, 0.3) is 0 Å². The van der Waals surface area contributed by atoms with Crippen molar-refractivity contribution in [3.63, 3.8) is 0 Å². The maximum atomic E-state index is 2.48. The van der Waals surface area contributed by atoms with Gasteiger partial charge in [0.2, 0.25) is 0 Å². The zero-order valence-corrected chi connectivity index (χ0v) is 26.0. The second-order valence-corrected chi connectivity index (χ2v) is 16.9. The first kappa shape index (κ1) is 34.4. The van der Waals surface area contributed by atoms with Crippen molar-refractivity contribution in [2.45, 2.75) is 188 Å². The summed E-state index contributed by atoms with van der Waals surface area (Å²) in [4.78, 5) is 0. The molecule has 0 spiro atoms. The molecule has 0 unspecified atom stereocenters. The van der Waals surface area contributed by atoms with E-state index in [0.29, 0.717) is 0 Å². The van der Waals surface area contributed by atoms with Crippen LogP contribution in [0.1, 0.15) is 188 Å². The van der Waals surface area contributed by atoms with Gasteiger partial charge in [-0.2, -0.15) is 0 Å². The van der Waals surface area contributed by atoms with Gasteiger partial charge >= 0.3 is 220 Å². The van der Waals surface area contributed by atoms with Gasteiger partial charge in [0.05, 0.1) is 0 Å². The molecule has 0 rings (SSSR count). The molecule has 0 saturated carbocycles. The molecule has 1 heteroatoms. The van der Waals surface area contributed by atoms with Crippen molar-refractivity contribution in [3.8, 4) is 0 Å². The minimum absolute atomic E-state index is 1.04. The van der Waals surface area contributed by atoms with E-state index < -0.39 is 7.26 Å². The molecule has 0 fully saturated rings. The van der Waals surface area contributed by atoms with E-state index in [1.54, 1.807) is 43.9 Å². The standard InChI is InChI=1S/C33H71P/c1-5-9-12-15-18-21-24-27-31-34(30-8-4,32-28-25-22-19-16-13-10-6-2)33-29-26-23-20-17-14-11-7-3/h34H,5-33H2,1-4H3. The minimum atomic E-state index is -1.04. The first-order valence-corrected chi connectivity index (χ1v) is 19.6. The van der Waals surface area contributed by atoms with Gasteiger partial charge in [0.1, 0.15) is 0 Å². The van der Waals surface area contributed by atoms with Crippen molar-refractivity contribution in [3.05, 3.63) is 0 Å². The van der Waals surface area contributed by atoms with Crippen LogP contribution >= 0.6 is 7.26 Å².